The van der Waals surface area contributed by atoms with Crippen molar-refractivity contribution >= 4 is 15.9 Å². The van der Waals surface area contributed by atoms with Crippen molar-refractivity contribution in [1.82, 2.24) is 5.32 Å². The van der Waals surface area contributed by atoms with Gasteiger partial charge < -0.3 is 9.73 Å². The standard InChI is InChI=1S/C17H22BrNO/c1-3-11-19-16(17-10-9-15(4-2)20-17)12-13-5-7-14(18)8-6-13/h5-10,16,19H,3-4,11-12H2,1-2H3. The zero-order chi connectivity index (χ0) is 14.4. The zero-order valence-corrected chi connectivity index (χ0v) is 13.7. The van der Waals surface area contributed by atoms with Crippen LogP contribution in [0.1, 0.15) is 43.4 Å². The Balaban J connectivity index is 2.12. The highest BCUT2D eigenvalue weighted by atomic mass is 79.9. The van der Waals surface area contributed by atoms with Gasteiger partial charge in [0.25, 0.3) is 0 Å². The molecule has 1 N–H and O–H groups in total. The first-order valence-corrected chi connectivity index (χ1v) is 8.08. The summed E-state index contributed by atoms with van der Waals surface area (Å²) in [6.45, 7) is 5.30. The summed E-state index contributed by atoms with van der Waals surface area (Å²) in [7, 11) is 0. The maximum Gasteiger partial charge on any atom is 0.121 e. The second-order valence-corrected chi connectivity index (χ2v) is 5.91. The first-order chi connectivity index (χ1) is 9.72. The third kappa shape index (κ3) is 4.22. The molecule has 0 bridgehead atoms. The molecular weight excluding hydrogens is 314 g/mol. The molecule has 1 unspecified atom stereocenters. The van der Waals surface area contributed by atoms with Crippen LogP contribution in [-0.4, -0.2) is 6.54 Å². The summed E-state index contributed by atoms with van der Waals surface area (Å²) in [6.07, 6.45) is 3.01. The SMILES string of the molecule is CCCNC(Cc1ccc(Br)cc1)c1ccc(CC)o1. The van der Waals surface area contributed by atoms with Crippen LogP contribution in [0, 0.1) is 0 Å². The van der Waals surface area contributed by atoms with Crippen molar-refractivity contribution in [3.8, 4) is 0 Å². The Morgan fingerprint density at radius 3 is 2.45 bits per heavy atom. The Bertz CT molecular complexity index is 518. The first kappa shape index (κ1) is 15.3. The summed E-state index contributed by atoms with van der Waals surface area (Å²) in [5, 5.41) is 3.58. The van der Waals surface area contributed by atoms with E-state index < -0.39 is 0 Å². The summed E-state index contributed by atoms with van der Waals surface area (Å²) < 4.78 is 7.03. The van der Waals surface area contributed by atoms with Gasteiger partial charge in [-0.1, -0.05) is 41.9 Å². The van der Waals surface area contributed by atoms with Crippen LogP contribution in [0.4, 0.5) is 0 Å². The maximum atomic E-state index is 5.92. The van der Waals surface area contributed by atoms with Crippen LogP contribution in [-0.2, 0) is 12.8 Å². The average Bonchev–Trinajstić information content (AvgIpc) is 2.94. The number of halogens is 1. The molecule has 0 saturated carbocycles. The van der Waals surface area contributed by atoms with Gasteiger partial charge in [-0.2, -0.15) is 0 Å². The van der Waals surface area contributed by atoms with Gasteiger partial charge >= 0.3 is 0 Å². The van der Waals surface area contributed by atoms with Gasteiger partial charge in [0, 0.05) is 10.9 Å². The third-order valence-electron chi connectivity index (χ3n) is 3.37. The van der Waals surface area contributed by atoms with Crippen LogP contribution in [0.5, 0.6) is 0 Å². The fourth-order valence-corrected chi connectivity index (χ4v) is 2.48. The number of hydrogen-bond donors (Lipinski definition) is 1. The van der Waals surface area contributed by atoms with E-state index in [1.54, 1.807) is 0 Å². The molecule has 2 aromatic rings. The van der Waals surface area contributed by atoms with Crippen molar-refractivity contribution in [1.29, 1.82) is 0 Å². The summed E-state index contributed by atoms with van der Waals surface area (Å²) in [4.78, 5) is 0. The molecule has 20 heavy (non-hydrogen) atoms. The van der Waals surface area contributed by atoms with Gasteiger partial charge in [0.2, 0.25) is 0 Å². The molecule has 108 valence electrons. The van der Waals surface area contributed by atoms with Crippen molar-refractivity contribution < 1.29 is 4.42 Å². The van der Waals surface area contributed by atoms with Crippen molar-refractivity contribution in [2.45, 2.75) is 39.2 Å². The van der Waals surface area contributed by atoms with Gasteiger partial charge in [0.05, 0.1) is 6.04 Å². The molecule has 0 radical (unpaired) electrons. The number of nitrogens with one attached hydrogen (secondary N) is 1. The van der Waals surface area contributed by atoms with Crippen molar-refractivity contribution in [2.24, 2.45) is 0 Å². The number of furan rings is 1. The van der Waals surface area contributed by atoms with E-state index in [4.69, 9.17) is 4.42 Å². The lowest BCUT2D eigenvalue weighted by Crippen LogP contribution is -2.23. The quantitative estimate of drug-likeness (QED) is 0.779. The molecule has 2 rings (SSSR count). The molecule has 2 nitrogen and oxygen atoms in total. The Labute approximate surface area is 129 Å². The Morgan fingerprint density at radius 1 is 1.10 bits per heavy atom. The van der Waals surface area contributed by atoms with Gasteiger partial charge in [0.1, 0.15) is 11.5 Å². The molecule has 0 saturated heterocycles. The van der Waals surface area contributed by atoms with Crippen LogP contribution < -0.4 is 5.32 Å². The minimum atomic E-state index is 0.247. The van der Waals surface area contributed by atoms with Gasteiger partial charge in [-0.05, 0) is 49.2 Å². The van der Waals surface area contributed by atoms with Crippen LogP contribution in [0.2, 0.25) is 0 Å². The molecule has 0 aliphatic rings. The summed E-state index contributed by atoms with van der Waals surface area (Å²) >= 11 is 3.48. The lowest BCUT2D eigenvalue weighted by molar-refractivity contribution is 0.392. The smallest absolute Gasteiger partial charge is 0.121 e. The second kappa shape index (κ2) is 7.65. The monoisotopic (exact) mass is 335 g/mol. The highest BCUT2D eigenvalue weighted by molar-refractivity contribution is 9.10. The van der Waals surface area contributed by atoms with Crippen LogP contribution in [0.25, 0.3) is 0 Å². The Hall–Kier alpha value is -1.06. The number of hydrogen-bond acceptors (Lipinski definition) is 2. The van der Waals surface area contributed by atoms with Gasteiger partial charge in [-0.25, -0.2) is 0 Å². The molecule has 0 fully saturated rings. The predicted molar refractivity (Wildman–Crippen MR) is 87.0 cm³/mol. The molecule has 0 amide bonds. The van der Waals surface area contributed by atoms with E-state index in [1.807, 2.05) is 0 Å². The van der Waals surface area contributed by atoms with Crippen molar-refractivity contribution in [2.75, 3.05) is 6.54 Å². The maximum absolute atomic E-state index is 5.92. The van der Waals surface area contributed by atoms with E-state index >= 15 is 0 Å². The molecular formula is C17H22BrNO. The van der Waals surface area contributed by atoms with Gasteiger partial charge in [-0.15, -0.1) is 0 Å². The van der Waals surface area contributed by atoms with Crippen LogP contribution in [0.3, 0.4) is 0 Å². The third-order valence-corrected chi connectivity index (χ3v) is 3.90. The van der Waals surface area contributed by atoms with E-state index in [2.05, 4.69) is 71.5 Å². The van der Waals surface area contributed by atoms with E-state index in [0.717, 1.165) is 41.8 Å². The summed E-state index contributed by atoms with van der Waals surface area (Å²) in [5.41, 5.74) is 1.32. The predicted octanol–water partition coefficient (Wildman–Crippen LogP) is 4.89. The van der Waals surface area contributed by atoms with Crippen LogP contribution in [0.15, 0.2) is 45.3 Å². The number of aryl methyl sites for hydroxylation is 1. The molecule has 1 atom stereocenters. The molecule has 0 aliphatic heterocycles. The van der Waals surface area contributed by atoms with E-state index in [9.17, 15) is 0 Å². The molecule has 1 aromatic carbocycles. The highest BCUT2D eigenvalue weighted by Gasteiger charge is 2.15. The average molecular weight is 336 g/mol. The summed E-state index contributed by atoms with van der Waals surface area (Å²) in [6, 6.07) is 12.9. The Morgan fingerprint density at radius 2 is 1.85 bits per heavy atom. The lowest BCUT2D eigenvalue weighted by Gasteiger charge is -2.16. The normalized spacial score (nSPS) is 12.6. The topological polar surface area (TPSA) is 25.2 Å². The minimum Gasteiger partial charge on any atom is -0.464 e. The van der Waals surface area contributed by atoms with Crippen molar-refractivity contribution in [3.63, 3.8) is 0 Å². The lowest BCUT2D eigenvalue weighted by atomic mass is 10.0. The van der Waals surface area contributed by atoms with Crippen LogP contribution >= 0.6 is 15.9 Å². The zero-order valence-electron chi connectivity index (χ0n) is 12.2. The van der Waals surface area contributed by atoms with Gasteiger partial charge in [0.15, 0.2) is 0 Å². The molecule has 1 heterocycles. The largest absolute Gasteiger partial charge is 0.464 e. The Kier molecular flexibility index (Phi) is 5.86. The highest BCUT2D eigenvalue weighted by Crippen LogP contribution is 2.22. The molecule has 3 heteroatoms. The minimum absolute atomic E-state index is 0.247. The van der Waals surface area contributed by atoms with Crippen molar-refractivity contribution in [3.05, 3.63) is 58.0 Å². The molecule has 1 aromatic heterocycles. The van der Waals surface area contributed by atoms with Gasteiger partial charge in [-0.3, -0.25) is 0 Å². The second-order valence-electron chi connectivity index (χ2n) is 4.99. The first-order valence-electron chi connectivity index (χ1n) is 7.29. The van der Waals surface area contributed by atoms with E-state index in [0.29, 0.717) is 0 Å². The fourth-order valence-electron chi connectivity index (χ4n) is 2.22. The fraction of sp³-hybridized carbons (Fsp3) is 0.412. The molecule has 0 spiro atoms. The van der Waals surface area contributed by atoms with E-state index in [1.165, 1.54) is 5.56 Å². The number of rotatable bonds is 7. The summed E-state index contributed by atoms with van der Waals surface area (Å²) in [5.74, 6) is 2.09. The molecule has 0 aliphatic carbocycles. The number of benzene rings is 1. The van der Waals surface area contributed by atoms with E-state index in [-0.39, 0.29) is 6.04 Å².